The van der Waals surface area contributed by atoms with E-state index >= 15 is 0 Å². The van der Waals surface area contributed by atoms with Crippen LogP contribution in [0.2, 0.25) is 0 Å². The molecule has 0 saturated heterocycles. The smallest absolute Gasteiger partial charge is 0.271 e. The molecule has 0 bridgehead atoms. The van der Waals surface area contributed by atoms with Crippen molar-refractivity contribution in [2.45, 2.75) is 0 Å². The van der Waals surface area contributed by atoms with Gasteiger partial charge < -0.3 is 5.73 Å². The van der Waals surface area contributed by atoms with Gasteiger partial charge in [0, 0.05) is 5.56 Å². The fraction of sp³-hybridized carbons (Fsp3) is 0. The summed E-state index contributed by atoms with van der Waals surface area (Å²) in [5, 5.41) is 21.6. The Bertz CT molecular complexity index is 828. The van der Waals surface area contributed by atoms with Crippen molar-refractivity contribution < 1.29 is 4.79 Å². The number of hydrogen-bond acceptors (Lipinski definition) is 7. The Morgan fingerprint density at radius 1 is 1.29 bits per heavy atom. The van der Waals surface area contributed by atoms with Crippen molar-refractivity contribution >= 4 is 23.1 Å². The van der Waals surface area contributed by atoms with Crippen molar-refractivity contribution in [3.8, 4) is 12.1 Å². The van der Waals surface area contributed by atoms with Gasteiger partial charge in [-0.25, -0.2) is 5.43 Å². The molecule has 2 rings (SSSR count). The van der Waals surface area contributed by atoms with Crippen LogP contribution in [0.3, 0.4) is 0 Å². The fourth-order valence-corrected chi connectivity index (χ4v) is 2.14. The molecule has 1 heterocycles. The summed E-state index contributed by atoms with van der Waals surface area (Å²) in [5.74, 6) is -0.508. The lowest BCUT2D eigenvalue weighted by atomic mass is 10.2. The molecule has 0 radical (unpaired) electrons. The third kappa shape index (κ3) is 3.21. The minimum Gasteiger partial charge on any atom is -0.382 e. The minimum atomic E-state index is -0.411. The van der Waals surface area contributed by atoms with E-state index in [4.69, 9.17) is 16.3 Å². The standard InChI is InChI=1S/C13H8N6OS/c14-6-9-10(7-15)21-13(17-11(9)16)19-18-12(20)8-4-2-1-3-5-8/h1-5H,(H,18,20)(H2,16,17,19). The molecule has 0 aliphatic carbocycles. The van der Waals surface area contributed by atoms with Crippen LogP contribution in [0.1, 0.15) is 20.8 Å². The number of aromatic nitrogens is 1. The second-order valence-electron chi connectivity index (χ2n) is 3.73. The molecule has 21 heavy (non-hydrogen) atoms. The average Bonchev–Trinajstić information content (AvgIpc) is 2.52. The summed E-state index contributed by atoms with van der Waals surface area (Å²) in [6.45, 7) is 0. The van der Waals surface area contributed by atoms with E-state index in [-0.39, 0.29) is 21.1 Å². The highest BCUT2D eigenvalue weighted by Crippen LogP contribution is 2.13. The monoisotopic (exact) mass is 296 g/mol. The molecule has 7 nitrogen and oxygen atoms in total. The zero-order valence-electron chi connectivity index (χ0n) is 10.6. The molecule has 0 aliphatic rings. The third-order valence-corrected chi connectivity index (χ3v) is 3.26. The second-order valence-corrected chi connectivity index (χ2v) is 4.71. The molecular formula is C13H8N6OS. The van der Waals surface area contributed by atoms with Crippen molar-refractivity contribution in [1.82, 2.24) is 10.4 Å². The second kappa shape index (κ2) is 6.28. The summed E-state index contributed by atoms with van der Waals surface area (Å²) in [5.41, 5.74) is 8.34. The van der Waals surface area contributed by atoms with Gasteiger partial charge in [-0.1, -0.05) is 29.5 Å². The Morgan fingerprint density at radius 2 is 2.00 bits per heavy atom. The van der Waals surface area contributed by atoms with E-state index in [0.29, 0.717) is 5.56 Å². The number of anilines is 1. The van der Waals surface area contributed by atoms with Gasteiger partial charge in [0.05, 0.1) is 0 Å². The molecule has 0 unspecified atom stereocenters. The number of benzene rings is 1. The van der Waals surface area contributed by atoms with Gasteiger partial charge in [-0.05, 0) is 12.1 Å². The minimum absolute atomic E-state index is 0.0100. The molecule has 1 aromatic carbocycles. The highest BCUT2D eigenvalue weighted by atomic mass is 32.1. The molecule has 2 aromatic rings. The van der Waals surface area contributed by atoms with Crippen LogP contribution < -0.4 is 16.0 Å². The van der Waals surface area contributed by atoms with Gasteiger partial charge in [0.15, 0.2) is 0 Å². The highest BCUT2D eigenvalue weighted by Gasteiger charge is 2.09. The Hall–Kier alpha value is -3.23. The lowest BCUT2D eigenvalue weighted by Gasteiger charge is -1.99. The van der Waals surface area contributed by atoms with E-state index in [1.54, 1.807) is 36.4 Å². The summed E-state index contributed by atoms with van der Waals surface area (Å²) >= 11 is 0.869. The summed E-state index contributed by atoms with van der Waals surface area (Å²) in [6, 6.07) is 12.2. The number of hydrogen-bond donors (Lipinski definition) is 2. The molecule has 102 valence electrons. The topological polar surface area (TPSA) is 128 Å². The zero-order chi connectivity index (χ0) is 15.2. The Kier molecular flexibility index (Phi) is 4.24. The largest absolute Gasteiger partial charge is 0.382 e. The predicted molar refractivity (Wildman–Crippen MR) is 75.4 cm³/mol. The number of carbonyl (C=O) groups excluding carboxylic acids is 1. The summed E-state index contributed by atoms with van der Waals surface area (Å²) in [7, 11) is 0. The van der Waals surface area contributed by atoms with E-state index in [1.165, 1.54) is 0 Å². The number of carbonyl (C=O) groups is 1. The molecule has 0 fully saturated rings. The van der Waals surface area contributed by atoms with Crippen molar-refractivity contribution in [2.75, 3.05) is 5.73 Å². The molecule has 0 saturated carbocycles. The van der Waals surface area contributed by atoms with Crippen LogP contribution in [0.15, 0.2) is 35.4 Å². The Balaban J connectivity index is 2.32. The van der Waals surface area contributed by atoms with Crippen LogP contribution >= 0.6 is 11.3 Å². The fourth-order valence-electron chi connectivity index (χ4n) is 1.43. The van der Waals surface area contributed by atoms with E-state index in [0.717, 1.165) is 11.3 Å². The maximum atomic E-state index is 11.8. The van der Waals surface area contributed by atoms with Gasteiger partial charge in [0.2, 0.25) is 4.80 Å². The maximum absolute atomic E-state index is 11.8. The number of nitrogens with zero attached hydrogens (tertiary/aromatic N) is 4. The van der Waals surface area contributed by atoms with Crippen LogP contribution in [0.5, 0.6) is 0 Å². The van der Waals surface area contributed by atoms with Gasteiger partial charge >= 0.3 is 0 Å². The third-order valence-electron chi connectivity index (χ3n) is 2.40. The number of nitrogen functional groups attached to an aromatic ring is 1. The lowest BCUT2D eigenvalue weighted by Crippen LogP contribution is -2.22. The number of nitriles is 2. The molecule has 0 atom stereocenters. The van der Waals surface area contributed by atoms with Gasteiger partial charge in [-0.15, -0.1) is 5.10 Å². The first-order chi connectivity index (χ1) is 10.2. The Labute approximate surface area is 123 Å². The average molecular weight is 296 g/mol. The Morgan fingerprint density at radius 3 is 2.62 bits per heavy atom. The number of rotatable bonds is 2. The molecule has 8 heteroatoms. The van der Waals surface area contributed by atoms with Crippen LogP contribution in [-0.4, -0.2) is 10.9 Å². The van der Waals surface area contributed by atoms with Crippen molar-refractivity contribution in [3.05, 3.63) is 51.1 Å². The van der Waals surface area contributed by atoms with E-state index in [1.807, 2.05) is 6.07 Å². The molecule has 0 spiro atoms. The number of nitrogens with two attached hydrogens (primary N) is 1. The molecular weight excluding hydrogens is 288 g/mol. The molecule has 3 N–H and O–H groups in total. The van der Waals surface area contributed by atoms with Gasteiger partial charge in [0.1, 0.15) is 28.4 Å². The number of nitrogens with one attached hydrogen (secondary N) is 1. The summed E-state index contributed by atoms with van der Waals surface area (Å²) < 4.78 is 0. The predicted octanol–water partition coefficient (Wildman–Crippen LogP) is 0.714. The zero-order valence-corrected chi connectivity index (χ0v) is 11.4. The van der Waals surface area contributed by atoms with Gasteiger partial charge in [0.25, 0.3) is 5.91 Å². The summed E-state index contributed by atoms with van der Waals surface area (Å²) in [6.07, 6.45) is 0. The van der Waals surface area contributed by atoms with Crippen molar-refractivity contribution in [2.24, 2.45) is 5.10 Å². The first-order valence-corrected chi connectivity index (χ1v) is 6.47. The van der Waals surface area contributed by atoms with Crippen molar-refractivity contribution in [1.29, 1.82) is 10.5 Å². The van der Waals surface area contributed by atoms with E-state index in [9.17, 15) is 4.79 Å². The molecule has 0 aliphatic heterocycles. The maximum Gasteiger partial charge on any atom is 0.271 e. The first-order valence-electron chi connectivity index (χ1n) is 5.65. The van der Waals surface area contributed by atoms with Crippen LogP contribution in [0, 0.1) is 22.7 Å². The summed E-state index contributed by atoms with van der Waals surface area (Å²) in [4.78, 5) is 15.8. The van der Waals surface area contributed by atoms with Crippen LogP contribution in [-0.2, 0) is 0 Å². The highest BCUT2D eigenvalue weighted by molar-refractivity contribution is 7.09. The van der Waals surface area contributed by atoms with Gasteiger partial charge in [-0.2, -0.15) is 15.5 Å². The number of amides is 1. The SMILES string of the molecule is N#Cc1s/c(=N\NC(=O)c2ccccc2)nc(N)c1C#N. The van der Waals surface area contributed by atoms with E-state index in [2.05, 4.69) is 15.5 Å². The molecule has 1 amide bonds. The van der Waals surface area contributed by atoms with E-state index < -0.39 is 5.91 Å². The van der Waals surface area contributed by atoms with Gasteiger partial charge in [-0.3, -0.25) is 4.79 Å². The quantitative estimate of drug-likeness (QED) is 0.789. The van der Waals surface area contributed by atoms with Crippen LogP contribution in [0.4, 0.5) is 5.82 Å². The molecule has 1 aromatic heterocycles. The first kappa shape index (κ1) is 14.2. The normalized spacial score (nSPS) is 10.5. The van der Waals surface area contributed by atoms with Crippen molar-refractivity contribution in [3.63, 3.8) is 0 Å². The van der Waals surface area contributed by atoms with Crippen LogP contribution in [0.25, 0.3) is 0 Å². The lowest BCUT2D eigenvalue weighted by molar-refractivity contribution is 0.0953.